The lowest BCUT2D eigenvalue weighted by Gasteiger charge is -2.34. The molecule has 23 heavy (non-hydrogen) atoms. The molecule has 128 valence electrons. The Morgan fingerprint density at radius 1 is 1.22 bits per heavy atom. The second-order valence-corrected chi connectivity index (χ2v) is 5.61. The number of piperidine rings is 1. The van der Waals surface area contributed by atoms with Crippen molar-refractivity contribution in [2.24, 2.45) is 4.99 Å². The van der Waals surface area contributed by atoms with Crippen molar-refractivity contribution in [1.82, 2.24) is 10.6 Å². The molecule has 0 radical (unpaired) electrons. The molecule has 0 bridgehead atoms. The fourth-order valence-electron chi connectivity index (χ4n) is 2.63. The van der Waals surface area contributed by atoms with Crippen LogP contribution in [0.1, 0.15) is 19.3 Å². The number of anilines is 1. The zero-order valence-electron chi connectivity index (χ0n) is 13.2. The summed E-state index contributed by atoms with van der Waals surface area (Å²) < 4.78 is 36.5. The van der Waals surface area contributed by atoms with E-state index in [1.165, 1.54) is 5.69 Å². The van der Waals surface area contributed by atoms with E-state index in [4.69, 9.17) is 0 Å². The summed E-state index contributed by atoms with van der Waals surface area (Å²) in [5.74, 6) is 0.437. The molecule has 0 amide bonds. The minimum absolute atomic E-state index is 0.161. The molecule has 0 aliphatic carbocycles. The smallest absolute Gasteiger partial charge is 0.371 e. The highest BCUT2D eigenvalue weighted by atomic mass is 19.4. The summed E-state index contributed by atoms with van der Waals surface area (Å²) in [6.07, 6.45) is -3.16. The Balaban J connectivity index is 1.74. The molecule has 1 aromatic carbocycles. The van der Waals surface area contributed by atoms with Gasteiger partial charge in [0.2, 0.25) is 0 Å². The van der Waals surface area contributed by atoms with E-state index < -0.39 is 12.6 Å². The lowest BCUT2D eigenvalue weighted by atomic mass is 10.0. The third-order valence-corrected chi connectivity index (χ3v) is 3.88. The molecule has 2 N–H and O–H groups in total. The molecule has 0 spiro atoms. The van der Waals surface area contributed by atoms with Crippen LogP contribution in [0.4, 0.5) is 18.9 Å². The van der Waals surface area contributed by atoms with E-state index in [-0.39, 0.29) is 12.6 Å². The highest BCUT2D eigenvalue weighted by Gasteiger charge is 2.26. The van der Waals surface area contributed by atoms with Gasteiger partial charge in [0.15, 0.2) is 5.96 Å². The van der Waals surface area contributed by atoms with Crippen molar-refractivity contribution in [3.8, 4) is 0 Å². The summed E-state index contributed by atoms with van der Waals surface area (Å²) in [5, 5.41) is 5.93. The molecule has 7 heteroatoms. The van der Waals surface area contributed by atoms with E-state index in [1.807, 2.05) is 18.2 Å². The Hall–Kier alpha value is -1.92. The monoisotopic (exact) mass is 328 g/mol. The Morgan fingerprint density at radius 3 is 2.43 bits per heavy atom. The molecular formula is C16H23F3N4. The maximum atomic E-state index is 12.2. The van der Waals surface area contributed by atoms with E-state index >= 15 is 0 Å². The van der Waals surface area contributed by atoms with Crippen LogP contribution >= 0.6 is 0 Å². The van der Waals surface area contributed by atoms with Crippen molar-refractivity contribution in [3.63, 3.8) is 0 Å². The van der Waals surface area contributed by atoms with Gasteiger partial charge >= 0.3 is 6.18 Å². The molecule has 4 nitrogen and oxygen atoms in total. The van der Waals surface area contributed by atoms with E-state index in [9.17, 15) is 13.2 Å². The van der Waals surface area contributed by atoms with Crippen LogP contribution in [0, 0.1) is 0 Å². The summed E-state index contributed by atoms with van der Waals surface area (Å²) in [7, 11) is 1.57. The van der Waals surface area contributed by atoms with Crippen molar-refractivity contribution in [3.05, 3.63) is 30.3 Å². The SMILES string of the molecule is CN=C(NCCC(F)(F)F)NC1CCN(c2ccccc2)CC1. The van der Waals surface area contributed by atoms with Gasteiger partial charge in [0, 0.05) is 38.4 Å². The summed E-state index contributed by atoms with van der Waals surface area (Å²) in [5.41, 5.74) is 1.21. The predicted molar refractivity (Wildman–Crippen MR) is 86.8 cm³/mol. The Labute approximate surface area is 134 Å². The van der Waals surface area contributed by atoms with Crippen LogP contribution in [0.5, 0.6) is 0 Å². The molecule has 0 atom stereocenters. The van der Waals surface area contributed by atoms with Crippen LogP contribution in [0.15, 0.2) is 35.3 Å². The summed E-state index contributed by atoms with van der Waals surface area (Å²) >= 11 is 0. The lowest BCUT2D eigenvalue weighted by Crippen LogP contribution is -2.49. The maximum absolute atomic E-state index is 12.2. The molecule has 0 aromatic heterocycles. The van der Waals surface area contributed by atoms with Crippen LogP contribution in [-0.2, 0) is 0 Å². The van der Waals surface area contributed by atoms with Gasteiger partial charge in [0.25, 0.3) is 0 Å². The number of rotatable bonds is 4. The van der Waals surface area contributed by atoms with Crippen LogP contribution < -0.4 is 15.5 Å². The number of benzene rings is 1. The summed E-state index contributed by atoms with van der Waals surface area (Å²) in [6.45, 7) is 1.68. The predicted octanol–water partition coefficient (Wildman–Crippen LogP) is 2.77. The number of hydrogen-bond donors (Lipinski definition) is 2. The Kier molecular flexibility index (Phi) is 6.12. The van der Waals surface area contributed by atoms with E-state index in [0.717, 1.165) is 25.9 Å². The quantitative estimate of drug-likeness (QED) is 0.659. The largest absolute Gasteiger partial charge is 0.390 e. The van der Waals surface area contributed by atoms with Crippen molar-refractivity contribution < 1.29 is 13.2 Å². The summed E-state index contributed by atoms with van der Waals surface area (Å²) in [4.78, 5) is 6.31. The van der Waals surface area contributed by atoms with E-state index in [2.05, 4.69) is 32.7 Å². The fourth-order valence-corrected chi connectivity index (χ4v) is 2.63. The lowest BCUT2D eigenvalue weighted by molar-refractivity contribution is -0.132. The highest BCUT2D eigenvalue weighted by Crippen LogP contribution is 2.20. The van der Waals surface area contributed by atoms with E-state index in [0.29, 0.717) is 5.96 Å². The van der Waals surface area contributed by atoms with Gasteiger partial charge in [-0.1, -0.05) is 18.2 Å². The first-order valence-corrected chi connectivity index (χ1v) is 7.82. The minimum atomic E-state index is -4.15. The maximum Gasteiger partial charge on any atom is 0.390 e. The zero-order chi connectivity index (χ0) is 16.7. The van der Waals surface area contributed by atoms with Gasteiger partial charge in [-0.3, -0.25) is 4.99 Å². The Bertz CT molecular complexity index is 494. The first-order valence-electron chi connectivity index (χ1n) is 7.82. The molecule has 1 saturated heterocycles. The van der Waals surface area contributed by atoms with E-state index in [1.54, 1.807) is 7.05 Å². The highest BCUT2D eigenvalue weighted by molar-refractivity contribution is 5.79. The summed E-state index contributed by atoms with van der Waals surface area (Å²) in [6, 6.07) is 10.4. The number of hydrogen-bond acceptors (Lipinski definition) is 2. The van der Waals surface area contributed by atoms with Crippen molar-refractivity contribution in [2.75, 3.05) is 31.6 Å². The zero-order valence-corrected chi connectivity index (χ0v) is 13.2. The molecule has 1 aliphatic heterocycles. The van der Waals surface area contributed by atoms with Crippen LogP contribution in [0.2, 0.25) is 0 Å². The first-order chi connectivity index (χ1) is 11.0. The molecule has 0 unspecified atom stereocenters. The average molecular weight is 328 g/mol. The van der Waals surface area contributed by atoms with Gasteiger partial charge in [-0.25, -0.2) is 0 Å². The fraction of sp³-hybridized carbons (Fsp3) is 0.562. The standard InChI is InChI=1S/C16H23F3N4/c1-20-15(21-10-9-16(17,18)19)22-13-7-11-23(12-8-13)14-5-3-2-4-6-14/h2-6,13H,7-12H2,1H3,(H2,20,21,22). The van der Waals surface area contributed by atoms with Gasteiger partial charge < -0.3 is 15.5 Å². The molecular weight excluding hydrogens is 305 g/mol. The number of alkyl halides is 3. The second-order valence-electron chi connectivity index (χ2n) is 5.61. The molecule has 2 rings (SSSR count). The molecule has 1 fully saturated rings. The Morgan fingerprint density at radius 2 is 1.87 bits per heavy atom. The second kappa shape index (κ2) is 8.08. The third kappa shape index (κ3) is 6.00. The molecule has 1 heterocycles. The number of para-hydroxylation sites is 1. The van der Waals surface area contributed by atoms with Crippen LogP contribution in [0.3, 0.4) is 0 Å². The topological polar surface area (TPSA) is 39.7 Å². The van der Waals surface area contributed by atoms with Crippen LogP contribution in [-0.4, -0.2) is 44.9 Å². The van der Waals surface area contributed by atoms with Gasteiger partial charge in [-0.15, -0.1) is 0 Å². The van der Waals surface area contributed by atoms with Crippen molar-refractivity contribution in [1.29, 1.82) is 0 Å². The van der Waals surface area contributed by atoms with Crippen molar-refractivity contribution >= 4 is 11.6 Å². The van der Waals surface area contributed by atoms with Gasteiger partial charge in [-0.2, -0.15) is 13.2 Å². The van der Waals surface area contributed by atoms with Crippen LogP contribution in [0.25, 0.3) is 0 Å². The average Bonchev–Trinajstić information content (AvgIpc) is 2.54. The third-order valence-electron chi connectivity index (χ3n) is 3.88. The molecule has 1 aliphatic rings. The first kappa shape index (κ1) is 17.4. The number of aliphatic imine (C=N–C) groups is 1. The molecule has 0 saturated carbocycles. The molecule has 1 aromatic rings. The number of nitrogens with zero attached hydrogens (tertiary/aromatic N) is 2. The van der Waals surface area contributed by atoms with Crippen molar-refractivity contribution in [2.45, 2.75) is 31.5 Å². The van der Waals surface area contributed by atoms with Gasteiger partial charge in [0.05, 0.1) is 6.42 Å². The number of halogens is 3. The number of nitrogens with one attached hydrogen (secondary N) is 2. The minimum Gasteiger partial charge on any atom is -0.371 e. The van der Waals surface area contributed by atoms with Gasteiger partial charge in [-0.05, 0) is 25.0 Å². The normalized spacial score (nSPS) is 17.2. The van der Waals surface area contributed by atoms with Gasteiger partial charge in [0.1, 0.15) is 0 Å². The number of guanidine groups is 1.